The standard InChI is InChI=1S/C20H19N3O5/c1-12(21)11-22-17(13-7-9-15(10-8-13)23(27)28)16(19(25)20(22)26)18(24)14-5-3-2-4-6-14/h2-10,12,17,24H,11,21H2,1H3/t12-,17+/m1/s1. The fourth-order valence-electron chi connectivity index (χ4n) is 3.25. The Morgan fingerprint density at radius 3 is 2.32 bits per heavy atom. The summed E-state index contributed by atoms with van der Waals surface area (Å²) in [6.07, 6.45) is 0. The van der Waals surface area contributed by atoms with Gasteiger partial charge in [-0.15, -0.1) is 0 Å². The molecular weight excluding hydrogens is 362 g/mol. The van der Waals surface area contributed by atoms with Crippen LogP contribution in [0.3, 0.4) is 0 Å². The Balaban J connectivity index is 2.16. The SMILES string of the molecule is C[C@@H](N)CN1C(=O)C(=O)C(=C(O)c2ccccc2)[C@@H]1c1ccc([N+](=O)[O-])cc1. The highest BCUT2D eigenvalue weighted by Crippen LogP contribution is 2.39. The van der Waals surface area contributed by atoms with Crippen molar-refractivity contribution in [2.24, 2.45) is 5.73 Å². The van der Waals surface area contributed by atoms with E-state index in [1.807, 2.05) is 0 Å². The molecule has 0 bridgehead atoms. The van der Waals surface area contributed by atoms with Gasteiger partial charge in [-0.25, -0.2) is 0 Å². The van der Waals surface area contributed by atoms with Crippen molar-refractivity contribution in [1.29, 1.82) is 0 Å². The first kappa shape index (κ1) is 19.2. The van der Waals surface area contributed by atoms with Crippen LogP contribution in [0, 0.1) is 10.1 Å². The second-order valence-corrected chi connectivity index (χ2v) is 6.64. The van der Waals surface area contributed by atoms with Gasteiger partial charge >= 0.3 is 0 Å². The maximum Gasteiger partial charge on any atom is 0.295 e. The van der Waals surface area contributed by atoms with E-state index in [2.05, 4.69) is 0 Å². The molecule has 1 aliphatic rings. The molecule has 1 heterocycles. The second kappa shape index (κ2) is 7.61. The number of aliphatic hydroxyl groups excluding tert-OH is 1. The van der Waals surface area contributed by atoms with Gasteiger partial charge in [-0.2, -0.15) is 0 Å². The number of amides is 1. The minimum atomic E-state index is -0.882. The lowest BCUT2D eigenvalue weighted by Crippen LogP contribution is -2.38. The van der Waals surface area contributed by atoms with Crippen molar-refractivity contribution in [3.05, 3.63) is 81.4 Å². The molecule has 144 valence electrons. The number of rotatable bonds is 5. The molecule has 8 nitrogen and oxygen atoms in total. The Hall–Kier alpha value is -3.52. The number of benzene rings is 2. The monoisotopic (exact) mass is 381 g/mol. The molecule has 1 aliphatic heterocycles. The Bertz CT molecular complexity index is 952. The first-order valence-corrected chi connectivity index (χ1v) is 8.65. The summed E-state index contributed by atoms with van der Waals surface area (Å²) in [5.74, 6) is -1.88. The van der Waals surface area contributed by atoms with Crippen LogP contribution in [0.15, 0.2) is 60.2 Å². The van der Waals surface area contributed by atoms with E-state index < -0.39 is 28.7 Å². The smallest absolute Gasteiger partial charge is 0.295 e. The third kappa shape index (κ3) is 3.49. The summed E-state index contributed by atoms with van der Waals surface area (Å²) in [5.41, 5.74) is 6.54. The minimum Gasteiger partial charge on any atom is -0.507 e. The van der Waals surface area contributed by atoms with Crippen LogP contribution in [-0.2, 0) is 9.59 Å². The summed E-state index contributed by atoms with van der Waals surface area (Å²) < 4.78 is 0. The molecule has 1 saturated heterocycles. The Morgan fingerprint density at radius 1 is 1.18 bits per heavy atom. The van der Waals surface area contributed by atoms with Crippen LogP contribution < -0.4 is 5.73 Å². The van der Waals surface area contributed by atoms with Crippen LogP contribution in [0.1, 0.15) is 24.1 Å². The Kier molecular flexibility index (Phi) is 5.23. The van der Waals surface area contributed by atoms with Gasteiger partial charge in [0.05, 0.1) is 16.5 Å². The van der Waals surface area contributed by atoms with Crippen molar-refractivity contribution >= 4 is 23.1 Å². The summed E-state index contributed by atoms with van der Waals surface area (Å²) in [5, 5.41) is 21.7. The molecule has 0 radical (unpaired) electrons. The summed E-state index contributed by atoms with van der Waals surface area (Å²) in [6, 6.07) is 12.7. The number of nitrogens with zero attached hydrogens (tertiary/aromatic N) is 2. The average molecular weight is 381 g/mol. The second-order valence-electron chi connectivity index (χ2n) is 6.64. The number of hydrogen-bond donors (Lipinski definition) is 2. The molecule has 3 N–H and O–H groups in total. The molecule has 0 spiro atoms. The lowest BCUT2D eigenvalue weighted by molar-refractivity contribution is -0.384. The summed E-state index contributed by atoms with van der Waals surface area (Å²) >= 11 is 0. The zero-order chi connectivity index (χ0) is 20.4. The predicted octanol–water partition coefficient (Wildman–Crippen LogP) is 2.36. The van der Waals surface area contributed by atoms with Gasteiger partial charge in [0.2, 0.25) is 0 Å². The van der Waals surface area contributed by atoms with E-state index >= 15 is 0 Å². The van der Waals surface area contributed by atoms with Gasteiger partial charge in [0, 0.05) is 30.3 Å². The van der Waals surface area contributed by atoms with Gasteiger partial charge < -0.3 is 15.7 Å². The average Bonchev–Trinajstić information content (AvgIpc) is 2.92. The van der Waals surface area contributed by atoms with Crippen LogP contribution in [0.2, 0.25) is 0 Å². The van der Waals surface area contributed by atoms with E-state index in [1.54, 1.807) is 37.3 Å². The molecule has 1 fully saturated rings. The predicted molar refractivity (Wildman–Crippen MR) is 102 cm³/mol. The van der Waals surface area contributed by atoms with Crippen LogP contribution in [0.25, 0.3) is 5.76 Å². The zero-order valence-corrected chi connectivity index (χ0v) is 15.1. The topological polar surface area (TPSA) is 127 Å². The number of nitro benzene ring substituents is 1. The van der Waals surface area contributed by atoms with Crippen molar-refractivity contribution < 1.29 is 19.6 Å². The molecule has 0 aromatic heterocycles. The van der Waals surface area contributed by atoms with Crippen LogP contribution >= 0.6 is 0 Å². The third-order valence-corrected chi connectivity index (χ3v) is 4.49. The maximum absolute atomic E-state index is 12.7. The molecule has 0 aliphatic carbocycles. The number of aliphatic hydroxyl groups is 1. The fraction of sp³-hybridized carbons (Fsp3) is 0.200. The first-order chi connectivity index (χ1) is 13.3. The third-order valence-electron chi connectivity index (χ3n) is 4.49. The van der Waals surface area contributed by atoms with E-state index in [9.17, 15) is 24.8 Å². The number of ketones is 1. The van der Waals surface area contributed by atoms with Crippen LogP contribution in [0.4, 0.5) is 5.69 Å². The van der Waals surface area contributed by atoms with Gasteiger partial charge in [0.25, 0.3) is 17.4 Å². The number of carbonyl (C=O) groups is 2. The van der Waals surface area contributed by atoms with Gasteiger partial charge in [-0.05, 0) is 24.6 Å². The highest BCUT2D eigenvalue weighted by atomic mass is 16.6. The summed E-state index contributed by atoms with van der Waals surface area (Å²) in [4.78, 5) is 37.0. The van der Waals surface area contributed by atoms with Crippen molar-refractivity contribution in [3.8, 4) is 0 Å². The summed E-state index contributed by atoms with van der Waals surface area (Å²) in [6.45, 7) is 1.79. The molecular formula is C20H19N3O5. The molecule has 2 atom stereocenters. The molecule has 28 heavy (non-hydrogen) atoms. The van der Waals surface area contributed by atoms with E-state index in [4.69, 9.17) is 5.73 Å². The van der Waals surface area contributed by atoms with E-state index in [-0.39, 0.29) is 23.6 Å². The largest absolute Gasteiger partial charge is 0.507 e. The van der Waals surface area contributed by atoms with Crippen molar-refractivity contribution in [2.45, 2.75) is 19.0 Å². The molecule has 0 unspecified atom stereocenters. The first-order valence-electron chi connectivity index (χ1n) is 8.65. The van der Waals surface area contributed by atoms with Gasteiger partial charge in [0.15, 0.2) is 0 Å². The van der Waals surface area contributed by atoms with Crippen LogP contribution in [0.5, 0.6) is 0 Å². The lowest BCUT2D eigenvalue weighted by Gasteiger charge is -2.26. The number of Topliss-reactive ketones (excluding diaryl/α,β-unsaturated/α-hetero) is 1. The van der Waals surface area contributed by atoms with Gasteiger partial charge in [0.1, 0.15) is 5.76 Å². The van der Waals surface area contributed by atoms with Gasteiger partial charge in [-0.3, -0.25) is 19.7 Å². The molecule has 8 heteroatoms. The highest BCUT2D eigenvalue weighted by molar-refractivity contribution is 6.46. The quantitative estimate of drug-likeness (QED) is 0.269. The number of carbonyl (C=O) groups excluding carboxylic acids is 2. The molecule has 3 rings (SSSR count). The van der Waals surface area contributed by atoms with Gasteiger partial charge in [-0.1, -0.05) is 30.3 Å². The zero-order valence-electron chi connectivity index (χ0n) is 15.1. The van der Waals surface area contributed by atoms with Crippen molar-refractivity contribution in [2.75, 3.05) is 6.54 Å². The number of non-ortho nitro benzene ring substituents is 1. The Labute approximate surface area is 161 Å². The number of nitrogens with two attached hydrogens (primary N) is 1. The number of hydrogen-bond acceptors (Lipinski definition) is 6. The number of likely N-dealkylation sites (tertiary alicyclic amines) is 1. The van der Waals surface area contributed by atoms with Crippen molar-refractivity contribution in [3.63, 3.8) is 0 Å². The minimum absolute atomic E-state index is 0.0642. The van der Waals surface area contributed by atoms with Crippen molar-refractivity contribution in [1.82, 2.24) is 4.90 Å². The molecule has 1 amide bonds. The number of nitro groups is 1. The highest BCUT2D eigenvalue weighted by Gasteiger charge is 2.46. The maximum atomic E-state index is 12.7. The lowest BCUT2D eigenvalue weighted by atomic mass is 9.95. The molecule has 2 aromatic rings. The van der Waals surface area contributed by atoms with E-state index in [0.717, 1.165) is 0 Å². The Morgan fingerprint density at radius 2 is 1.79 bits per heavy atom. The van der Waals surface area contributed by atoms with E-state index in [1.165, 1.54) is 29.2 Å². The fourth-order valence-corrected chi connectivity index (χ4v) is 3.25. The molecule has 0 saturated carbocycles. The van der Waals surface area contributed by atoms with E-state index in [0.29, 0.717) is 11.1 Å². The van der Waals surface area contributed by atoms with Crippen LogP contribution in [-0.4, -0.2) is 39.2 Å². The summed E-state index contributed by atoms with van der Waals surface area (Å²) in [7, 11) is 0. The normalized spacial score (nSPS) is 19.6. The molecule has 2 aromatic carbocycles.